The number of carbonyl (C=O) groups is 2. The summed E-state index contributed by atoms with van der Waals surface area (Å²) in [5.74, 6) is -0.531. The summed E-state index contributed by atoms with van der Waals surface area (Å²) in [6.45, 7) is 7.00. The minimum absolute atomic E-state index is 0.113. The Morgan fingerprint density at radius 1 is 1.17 bits per heavy atom. The van der Waals surface area contributed by atoms with Crippen molar-refractivity contribution in [1.82, 2.24) is 0 Å². The first-order valence-corrected chi connectivity index (χ1v) is 7.33. The highest BCUT2D eigenvalue weighted by atomic mass is 16.5. The minimum Gasteiger partial charge on any atom is -0.508 e. The molecule has 1 N–H and O–H groups in total. The van der Waals surface area contributed by atoms with Crippen molar-refractivity contribution >= 4 is 22.7 Å². The molecule has 0 aliphatic carbocycles. The number of esters is 2. The molecule has 0 aromatic heterocycles. The van der Waals surface area contributed by atoms with Crippen LogP contribution in [0.3, 0.4) is 0 Å². The van der Waals surface area contributed by atoms with Crippen LogP contribution in [-0.2, 0) is 9.53 Å². The number of benzene rings is 2. The second kappa shape index (κ2) is 6.28. The van der Waals surface area contributed by atoms with Crippen molar-refractivity contribution in [3.63, 3.8) is 0 Å². The van der Waals surface area contributed by atoms with Gasteiger partial charge in [0.05, 0.1) is 12.7 Å². The Hall–Kier alpha value is -2.56. The molecule has 0 saturated carbocycles. The average molecular weight is 316 g/mol. The van der Waals surface area contributed by atoms with Gasteiger partial charge in [0.25, 0.3) is 0 Å². The molecule has 0 radical (unpaired) electrons. The summed E-state index contributed by atoms with van der Waals surface area (Å²) in [6.07, 6.45) is 0. The van der Waals surface area contributed by atoms with Gasteiger partial charge in [-0.3, -0.25) is 4.79 Å². The highest BCUT2D eigenvalue weighted by Gasteiger charge is 2.19. The van der Waals surface area contributed by atoms with Gasteiger partial charge in [0, 0.05) is 17.9 Å². The smallest absolute Gasteiger partial charge is 0.338 e. The van der Waals surface area contributed by atoms with E-state index >= 15 is 0 Å². The van der Waals surface area contributed by atoms with Gasteiger partial charge >= 0.3 is 11.9 Å². The highest BCUT2D eigenvalue weighted by Crippen LogP contribution is 2.39. The second-order valence-corrected chi connectivity index (χ2v) is 5.75. The van der Waals surface area contributed by atoms with Crippen LogP contribution in [-0.4, -0.2) is 24.2 Å². The Labute approximate surface area is 134 Å². The normalized spacial score (nSPS) is 10.9. The monoisotopic (exact) mass is 316 g/mol. The van der Waals surface area contributed by atoms with Gasteiger partial charge < -0.3 is 14.6 Å². The molecule has 5 heteroatoms. The molecule has 2 aromatic carbocycles. The number of fused-ring (bicyclic) bond motifs is 1. The number of hydrogen-bond acceptors (Lipinski definition) is 5. The molecule has 0 aliphatic rings. The fourth-order valence-corrected chi connectivity index (χ4v) is 2.64. The maximum absolute atomic E-state index is 11.9. The molecule has 0 atom stereocenters. The summed E-state index contributed by atoms with van der Waals surface area (Å²) in [7, 11) is 1.30. The van der Waals surface area contributed by atoms with E-state index in [1.807, 2.05) is 13.8 Å². The number of phenols is 1. The van der Waals surface area contributed by atoms with E-state index in [0.717, 1.165) is 10.9 Å². The number of aromatic hydroxyl groups is 1. The van der Waals surface area contributed by atoms with Crippen molar-refractivity contribution in [1.29, 1.82) is 0 Å². The Balaban J connectivity index is 2.93. The molecule has 23 heavy (non-hydrogen) atoms. The fourth-order valence-electron chi connectivity index (χ4n) is 2.64. The summed E-state index contributed by atoms with van der Waals surface area (Å²) in [6, 6.07) is 4.85. The summed E-state index contributed by atoms with van der Waals surface area (Å²) in [5.41, 5.74) is 1.75. The van der Waals surface area contributed by atoms with E-state index in [1.54, 1.807) is 19.1 Å². The van der Waals surface area contributed by atoms with E-state index in [2.05, 4.69) is 0 Å². The molecule has 122 valence electrons. The summed E-state index contributed by atoms with van der Waals surface area (Å²) in [4.78, 5) is 23.3. The number of ether oxygens (including phenoxy) is 2. The molecule has 0 amide bonds. The Bertz CT molecular complexity index is 790. The average Bonchev–Trinajstić information content (AvgIpc) is 2.48. The van der Waals surface area contributed by atoms with Crippen molar-refractivity contribution in [2.75, 3.05) is 7.11 Å². The number of carbonyl (C=O) groups excluding carboxylic acids is 2. The van der Waals surface area contributed by atoms with Crippen molar-refractivity contribution in [2.24, 2.45) is 0 Å². The van der Waals surface area contributed by atoms with E-state index in [1.165, 1.54) is 20.1 Å². The van der Waals surface area contributed by atoms with E-state index in [9.17, 15) is 14.7 Å². The van der Waals surface area contributed by atoms with Crippen molar-refractivity contribution < 1.29 is 24.2 Å². The summed E-state index contributed by atoms with van der Waals surface area (Å²) >= 11 is 0. The lowest BCUT2D eigenvalue weighted by Crippen LogP contribution is -2.07. The first kappa shape index (κ1) is 16.8. The lowest BCUT2D eigenvalue weighted by molar-refractivity contribution is -0.131. The van der Waals surface area contributed by atoms with Crippen LogP contribution in [0.15, 0.2) is 18.2 Å². The SMILES string of the molecule is COC(=O)c1cc(OC(C)=O)c2c(C)c(O)cc(C(C)C)c2c1. The highest BCUT2D eigenvalue weighted by molar-refractivity contribution is 6.02. The molecule has 0 unspecified atom stereocenters. The number of aryl methyl sites for hydroxylation is 1. The third-order valence-corrected chi connectivity index (χ3v) is 3.76. The van der Waals surface area contributed by atoms with Crippen LogP contribution in [0.4, 0.5) is 0 Å². The third kappa shape index (κ3) is 3.13. The lowest BCUT2D eigenvalue weighted by Gasteiger charge is -2.17. The molecule has 0 saturated heterocycles. The first-order valence-electron chi connectivity index (χ1n) is 7.33. The predicted octanol–water partition coefficient (Wildman–Crippen LogP) is 3.69. The van der Waals surface area contributed by atoms with Gasteiger partial charge in [-0.2, -0.15) is 0 Å². The maximum atomic E-state index is 11.9. The van der Waals surface area contributed by atoms with Crippen molar-refractivity contribution in [2.45, 2.75) is 33.6 Å². The Morgan fingerprint density at radius 3 is 2.35 bits per heavy atom. The third-order valence-electron chi connectivity index (χ3n) is 3.76. The standard InChI is InChI=1S/C18H20O5/c1-9(2)13-8-15(20)10(3)17-14(13)6-12(18(21)22-5)7-16(17)23-11(4)19/h6-9,20H,1-5H3. The van der Waals surface area contributed by atoms with Crippen LogP contribution in [0.1, 0.15) is 48.2 Å². The Morgan fingerprint density at radius 2 is 1.83 bits per heavy atom. The lowest BCUT2D eigenvalue weighted by atomic mass is 9.91. The molecule has 0 spiro atoms. The van der Waals surface area contributed by atoms with Crippen LogP contribution in [0.2, 0.25) is 0 Å². The quantitative estimate of drug-likeness (QED) is 0.690. The van der Waals surface area contributed by atoms with E-state index in [4.69, 9.17) is 9.47 Å². The van der Waals surface area contributed by atoms with Gasteiger partial charge in [-0.1, -0.05) is 13.8 Å². The zero-order chi connectivity index (χ0) is 17.3. The predicted molar refractivity (Wildman–Crippen MR) is 87.1 cm³/mol. The van der Waals surface area contributed by atoms with Crippen molar-refractivity contribution in [3.05, 3.63) is 34.9 Å². The first-order chi connectivity index (χ1) is 10.8. The van der Waals surface area contributed by atoms with Gasteiger partial charge in [0.15, 0.2) is 0 Å². The topological polar surface area (TPSA) is 72.8 Å². The minimum atomic E-state index is -0.513. The largest absolute Gasteiger partial charge is 0.508 e. The molecule has 0 heterocycles. The molecular formula is C18H20O5. The van der Waals surface area contributed by atoms with Gasteiger partial charge in [-0.25, -0.2) is 4.79 Å². The van der Waals surface area contributed by atoms with Crippen LogP contribution in [0, 0.1) is 6.92 Å². The van der Waals surface area contributed by atoms with Crippen LogP contribution in [0.25, 0.3) is 10.8 Å². The van der Waals surface area contributed by atoms with Crippen LogP contribution in [0.5, 0.6) is 11.5 Å². The van der Waals surface area contributed by atoms with Crippen LogP contribution < -0.4 is 4.74 Å². The molecule has 0 aliphatic heterocycles. The molecule has 0 fully saturated rings. The number of rotatable bonds is 3. The van der Waals surface area contributed by atoms with Gasteiger partial charge in [-0.15, -0.1) is 0 Å². The molecule has 2 rings (SSSR count). The molecule has 2 aromatic rings. The van der Waals surface area contributed by atoms with E-state index in [0.29, 0.717) is 16.5 Å². The second-order valence-electron chi connectivity index (χ2n) is 5.75. The molecule has 5 nitrogen and oxygen atoms in total. The summed E-state index contributed by atoms with van der Waals surface area (Å²) < 4.78 is 10.0. The Kier molecular flexibility index (Phi) is 4.59. The summed E-state index contributed by atoms with van der Waals surface area (Å²) in [5, 5.41) is 11.6. The zero-order valence-corrected chi connectivity index (χ0v) is 13.9. The van der Waals surface area contributed by atoms with Crippen LogP contribution >= 0.6 is 0 Å². The van der Waals surface area contributed by atoms with E-state index < -0.39 is 11.9 Å². The zero-order valence-electron chi connectivity index (χ0n) is 13.9. The van der Waals surface area contributed by atoms with Gasteiger partial charge in [-0.05, 0) is 42.0 Å². The van der Waals surface area contributed by atoms with Gasteiger partial charge in [0.1, 0.15) is 11.5 Å². The van der Waals surface area contributed by atoms with E-state index in [-0.39, 0.29) is 17.4 Å². The molecular weight excluding hydrogens is 296 g/mol. The number of phenolic OH excluding ortho intramolecular Hbond substituents is 1. The van der Waals surface area contributed by atoms with Crippen molar-refractivity contribution in [3.8, 4) is 11.5 Å². The molecule has 0 bridgehead atoms. The van der Waals surface area contributed by atoms with Gasteiger partial charge in [0.2, 0.25) is 0 Å². The number of methoxy groups -OCH3 is 1. The fraction of sp³-hybridized carbons (Fsp3) is 0.333. The maximum Gasteiger partial charge on any atom is 0.338 e. The number of hydrogen-bond donors (Lipinski definition) is 1.